The summed E-state index contributed by atoms with van der Waals surface area (Å²) in [5.74, 6) is -0.0466. The van der Waals surface area contributed by atoms with Gasteiger partial charge in [0.1, 0.15) is 0 Å². The number of rotatable bonds is 3. The van der Waals surface area contributed by atoms with Crippen molar-refractivity contribution in [1.82, 2.24) is 4.90 Å². The van der Waals surface area contributed by atoms with Gasteiger partial charge in [-0.15, -0.1) is 0 Å². The van der Waals surface area contributed by atoms with Crippen LogP contribution in [-0.2, 0) is 0 Å². The number of likely N-dealkylation sites (N-methyl/N-ethyl adjacent to an activating group) is 1. The summed E-state index contributed by atoms with van der Waals surface area (Å²) in [5.41, 5.74) is 1.65. The first-order chi connectivity index (χ1) is 7.07. The van der Waals surface area contributed by atoms with Crippen LogP contribution in [0.15, 0.2) is 24.3 Å². The van der Waals surface area contributed by atoms with Crippen LogP contribution < -0.4 is 0 Å². The molecule has 0 aliphatic carbocycles. The highest BCUT2D eigenvalue weighted by atomic mass is 16.3. The molecule has 1 amide bonds. The molecule has 82 valence electrons. The summed E-state index contributed by atoms with van der Waals surface area (Å²) >= 11 is 0. The van der Waals surface area contributed by atoms with Gasteiger partial charge in [-0.2, -0.15) is 0 Å². The topological polar surface area (TPSA) is 40.5 Å². The Bertz CT molecular complexity index is 349. The Morgan fingerprint density at radius 3 is 2.60 bits per heavy atom. The Morgan fingerprint density at radius 1 is 1.47 bits per heavy atom. The van der Waals surface area contributed by atoms with Gasteiger partial charge in [0, 0.05) is 12.6 Å². The minimum atomic E-state index is -0.155. The van der Waals surface area contributed by atoms with Crippen molar-refractivity contribution in [2.75, 3.05) is 13.7 Å². The normalized spacial score (nSPS) is 12.3. The molecule has 0 saturated carbocycles. The number of hydrogen-bond acceptors (Lipinski definition) is 2. The van der Waals surface area contributed by atoms with Gasteiger partial charge in [-0.1, -0.05) is 18.2 Å². The lowest BCUT2D eigenvalue weighted by molar-refractivity contribution is 0.0681. The Hall–Kier alpha value is -1.35. The zero-order valence-electron chi connectivity index (χ0n) is 9.40. The van der Waals surface area contributed by atoms with Gasteiger partial charge in [0.2, 0.25) is 0 Å². The Balaban J connectivity index is 2.90. The molecule has 1 aromatic rings. The van der Waals surface area contributed by atoms with Crippen LogP contribution >= 0.6 is 0 Å². The largest absolute Gasteiger partial charge is 0.394 e. The van der Waals surface area contributed by atoms with E-state index in [-0.39, 0.29) is 18.6 Å². The van der Waals surface area contributed by atoms with Crippen LogP contribution in [-0.4, -0.2) is 35.6 Å². The lowest BCUT2D eigenvalue weighted by Crippen LogP contribution is -2.37. The standard InChI is InChI=1S/C12H17NO2/c1-9-6-4-5-7-11(9)12(15)13(3)10(2)8-14/h4-7,10,14H,8H2,1-3H3. The lowest BCUT2D eigenvalue weighted by Gasteiger charge is -2.23. The highest BCUT2D eigenvalue weighted by Crippen LogP contribution is 2.11. The first-order valence-corrected chi connectivity index (χ1v) is 5.01. The number of nitrogens with zero attached hydrogens (tertiary/aromatic N) is 1. The van der Waals surface area contributed by atoms with Crippen LogP contribution in [0.2, 0.25) is 0 Å². The van der Waals surface area contributed by atoms with Gasteiger partial charge in [-0.05, 0) is 25.5 Å². The van der Waals surface area contributed by atoms with E-state index in [1.807, 2.05) is 32.0 Å². The van der Waals surface area contributed by atoms with E-state index in [9.17, 15) is 4.79 Å². The third kappa shape index (κ3) is 2.57. The van der Waals surface area contributed by atoms with E-state index < -0.39 is 0 Å². The maximum absolute atomic E-state index is 12.0. The quantitative estimate of drug-likeness (QED) is 0.815. The fourth-order valence-corrected chi connectivity index (χ4v) is 1.33. The summed E-state index contributed by atoms with van der Waals surface area (Å²) in [5, 5.41) is 8.98. The molecule has 1 unspecified atom stereocenters. The number of carbonyl (C=O) groups is 1. The van der Waals surface area contributed by atoms with E-state index in [0.29, 0.717) is 5.56 Å². The SMILES string of the molecule is Cc1ccccc1C(=O)N(C)C(C)CO. The van der Waals surface area contributed by atoms with E-state index in [4.69, 9.17) is 5.11 Å². The molecule has 1 aromatic carbocycles. The Labute approximate surface area is 90.3 Å². The van der Waals surface area contributed by atoms with Crippen LogP contribution in [0.4, 0.5) is 0 Å². The van der Waals surface area contributed by atoms with E-state index >= 15 is 0 Å². The van der Waals surface area contributed by atoms with Crippen LogP contribution in [0.25, 0.3) is 0 Å². The van der Waals surface area contributed by atoms with Crippen molar-refractivity contribution in [2.45, 2.75) is 19.9 Å². The molecule has 0 saturated heterocycles. The molecule has 0 bridgehead atoms. The number of aryl methyl sites for hydroxylation is 1. The second kappa shape index (κ2) is 4.94. The fourth-order valence-electron chi connectivity index (χ4n) is 1.33. The van der Waals surface area contributed by atoms with Crippen LogP contribution in [0.1, 0.15) is 22.8 Å². The van der Waals surface area contributed by atoms with Gasteiger partial charge in [-0.25, -0.2) is 0 Å². The predicted octanol–water partition coefficient (Wildman–Crippen LogP) is 1.45. The Kier molecular flexibility index (Phi) is 3.86. The average Bonchev–Trinajstić information content (AvgIpc) is 2.26. The molecule has 1 N–H and O–H groups in total. The maximum atomic E-state index is 12.0. The van der Waals surface area contributed by atoms with Gasteiger partial charge in [0.05, 0.1) is 12.6 Å². The minimum Gasteiger partial charge on any atom is -0.394 e. The molecule has 0 aromatic heterocycles. The summed E-state index contributed by atoms with van der Waals surface area (Å²) in [6.45, 7) is 3.70. The van der Waals surface area contributed by atoms with E-state index in [2.05, 4.69) is 0 Å². The summed E-state index contributed by atoms with van der Waals surface area (Å²) < 4.78 is 0. The number of amides is 1. The summed E-state index contributed by atoms with van der Waals surface area (Å²) in [6, 6.07) is 7.31. The maximum Gasteiger partial charge on any atom is 0.254 e. The molecule has 0 spiro atoms. The monoisotopic (exact) mass is 207 g/mol. The second-order valence-electron chi connectivity index (χ2n) is 3.76. The lowest BCUT2D eigenvalue weighted by atomic mass is 10.1. The number of benzene rings is 1. The molecule has 0 radical (unpaired) electrons. The number of aliphatic hydroxyl groups excluding tert-OH is 1. The van der Waals surface area contributed by atoms with Crippen molar-refractivity contribution in [3.05, 3.63) is 35.4 Å². The molecule has 0 fully saturated rings. The van der Waals surface area contributed by atoms with Crippen molar-refractivity contribution in [3.63, 3.8) is 0 Å². The van der Waals surface area contributed by atoms with Gasteiger partial charge >= 0.3 is 0 Å². The van der Waals surface area contributed by atoms with Crippen molar-refractivity contribution in [3.8, 4) is 0 Å². The molecule has 3 heteroatoms. The van der Waals surface area contributed by atoms with Crippen molar-refractivity contribution in [2.24, 2.45) is 0 Å². The second-order valence-corrected chi connectivity index (χ2v) is 3.76. The smallest absolute Gasteiger partial charge is 0.254 e. The average molecular weight is 207 g/mol. The summed E-state index contributed by atoms with van der Waals surface area (Å²) in [7, 11) is 1.70. The zero-order chi connectivity index (χ0) is 11.4. The molecule has 1 atom stereocenters. The highest BCUT2D eigenvalue weighted by molar-refractivity contribution is 5.95. The summed E-state index contributed by atoms with van der Waals surface area (Å²) in [4.78, 5) is 13.5. The van der Waals surface area contributed by atoms with Crippen molar-refractivity contribution < 1.29 is 9.90 Å². The van der Waals surface area contributed by atoms with Gasteiger partial charge in [-0.3, -0.25) is 4.79 Å². The van der Waals surface area contributed by atoms with Crippen molar-refractivity contribution in [1.29, 1.82) is 0 Å². The van der Waals surface area contributed by atoms with Gasteiger partial charge in [0.25, 0.3) is 5.91 Å². The number of aliphatic hydroxyl groups is 1. The van der Waals surface area contributed by atoms with Crippen LogP contribution in [0.5, 0.6) is 0 Å². The zero-order valence-corrected chi connectivity index (χ0v) is 9.40. The fraction of sp³-hybridized carbons (Fsp3) is 0.417. The van der Waals surface area contributed by atoms with Gasteiger partial charge in [0.15, 0.2) is 0 Å². The number of hydrogen-bond donors (Lipinski definition) is 1. The molecule has 0 aliphatic rings. The van der Waals surface area contributed by atoms with E-state index in [1.54, 1.807) is 18.0 Å². The van der Waals surface area contributed by atoms with Crippen LogP contribution in [0, 0.1) is 6.92 Å². The first-order valence-electron chi connectivity index (χ1n) is 5.01. The third-order valence-electron chi connectivity index (χ3n) is 2.62. The molecule has 0 heterocycles. The minimum absolute atomic E-state index is 0.0197. The summed E-state index contributed by atoms with van der Waals surface area (Å²) in [6.07, 6.45) is 0. The van der Waals surface area contributed by atoms with Crippen LogP contribution in [0.3, 0.4) is 0 Å². The predicted molar refractivity (Wildman–Crippen MR) is 59.8 cm³/mol. The molecule has 1 rings (SSSR count). The molecular weight excluding hydrogens is 190 g/mol. The molecule has 3 nitrogen and oxygen atoms in total. The van der Waals surface area contributed by atoms with E-state index in [0.717, 1.165) is 5.56 Å². The third-order valence-corrected chi connectivity index (χ3v) is 2.62. The Morgan fingerprint density at radius 2 is 2.07 bits per heavy atom. The molecular formula is C12H17NO2. The van der Waals surface area contributed by atoms with E-state index in [1.165, 1.54) is 0 Å². The molecule has 15 heavy (non-hydrogen) atoms. The number of carbonyl (C=O) groups excluding carboxylic acids is 1. The molecule has 0 aliphatic heterocycles. The highest BCUT2D eigenvalue weighted by Gasteiger charge is 2.17. The first kappa shape index (κ1) is 11.7. The van der Waals surface area contributed by atoms with Crippen molar-refractivity contribution >= 4 is 5.91 Å². The van der Waals surface area contributed by atoms with Gasteiger partial charge < -0.3 is 10.0 Å².